The van der Waals surface area contributed by atoms with E-state index in [-0.39, 0.29) is 24.1 Å². The van der Waals surface area contributed by atoms with Crippen molar-refractivity contribution in [3.63, 3.8) is 0 Å². The molecule has 0 aliphatic heterocycles. The third-order valence-electron chi connectivity index (χ3n) is 3.42. The molecule has 3 aromatic heterocycles. The van der Waals surface area contributed by atoms with E-state index in [1.54, 1.807) is 11.3 Å². The van der Waals surface area contributed by atoms with Gasteiger partial charge in [0.2, 0.25) is 5.91 Å². The van der Waals surface area contributed by atoms with Crippen LogP contribution in [0.25, 0.3) is 20.7 Å². The van der Waals surface area contributed by atoms with Crippen molar-refractivity contribution in [2.24, 2.45) is 5.73 Å². The van der Waals surface area contributed by atoms with Crippen molar-refractivity contribution < 1.29 is 4.79 Å². The van der Waals surface area contributed by atoms with E-state index in [2.05, 4.69) is 10.3 Å². The van der Waals surface area contributed by atoms with Crippen LogP contribution >= 0.6 is 22.7 Å². The summed E-state index contributed by atoms with van der Waals surface area (Å²) in [7, 11) is 0. The van der Waals surface area contributed by atoms with Crippen LogP contribution in [0.5, 0.6) is 0 Å². The van der Waals surface area contributed by atoms with Gasteiger partial charge >= 0.3 is 0 Å². The van der Waals surface area contributed by atoms with Gasteiger partial charge in [0.05, 0.1) is 11.7 Å². The minimum absolute atomic E-state index is 0.0637. The summed E-state index contributed by atoms with van der Waals surface area (Å²) >= 11 is 3.01. The normalized spacial score (nSPS) is 12.4. The van der Waals surface area contributed by atoms with Gasteiger partial charge in [0.25, 0.3) is 5.56 Å². The molecule has 0 bridgehead atoms. The monoisotopic (exact) mass is 348 g/mol. The molecule has 1 atom stereocenters. The van der Waals surface area contributed by atoms with E-state index in [9.17, 15) is 9.59 Å². The first-order valence-corrected chi connectivity index (χ1v) is 8.86. The number of nitrogens with two attached hydrogens (primary N) is 1. The Morgan fingerprint density at radius 1 is 1.48 bits per heavy atom. The zero-order chi connectivity index (χ0) is 16.4. The van der Waals surface area contributed by atoms with E-state index in [4.69, 9.17) is 5.73 Å². The van der Waals surface area contributed by atoms with Crippen molar-refractivity contribution in [3.05, 3.63) is 39.6 Å². The lowest BCUT2D eigenvalue weighted by molar-refractivity contribution is -0.122. The van der Waals surface area contributed by atoms with E-state index < -0.39 is 0 Å². The molecular weight excluding hydrogens is 332 g/mol. The standard InChI is InChI=1S/C15H16N4O2S2/c1-9(5-16)18-12(20)6-19-8-17-14-13(15(19)21)10(7-23-14)11-3-2-4-22-11/h2-4,7-9H,5-6,16H2,1H3,(H,18,20)/t9-/m0/s1. The van der Waals surface area contributed by atoms with Crippen molar-refractivity contribution in [1.29, 1.82) is 0 Å². The number of carbonyl (C=O) groups is 1. The van der Waals surface area contributed by atoms with Crippen LogP contribution in [-0.4, -0.2) is 28.0 Å². The fraction of sp³-hybridized carbons (Fsp3) is 0.267. The van der Waals surface area contributed by atoms with Gasteiger partial charge in [0.1, 0.15) is 11.4 Å². The molecule has 8 heteroatoms. The maximum absolute atomic E-state index is 12.7. The van der Waals surface area contributed by atoms with Crippen LogP contribution in [0.3, 0.4) is 0 Å². The second-order valence-electron chi connectivity index (χ2n) is 5.19. The molecule has 0 saturated carbocycles. The summed E-state index contributed by atoms with van der Waals surface area (Å²) in [6.07, 6.45) is 1.42. The molecule has 0 aliphatic rings. The molecular formula is C15H16N4O2S2. The third kappa shape index (κ3) is 3.19. The number of hydrogen-bond acceptors (Lipinski definition) is 6. The number of rotatable bonds is 5. The van der Waals surface area contributed by atoms with Crippen molar-refractivity contribution in [1.82, 2.24) is 14.9 Å². The lowest BCUT2D eigenvalue weighted by atomic mass is 10.2. The number of amides is 1. The molecule has 3 N–H and O–H groups in total. The molecule has 0 fully saturated rings. The first-order valence-electron chi connectivity index (χ1n) is 7.10. The fourth-order valence-corrected chi connectivity index (χ4v) is 3.95. The summed E-state index contributed by atoms with van der Waals surface area (Å²) in [6, 6.07) is 3.79. The predicted octanol–water partition coefficient (Wildman–Crippen LogP) is 1.65. The molecule has 1 amide bonds. The van der Waals surface area contributed by atoms with Crippen molar-refractivity contribution in [2.45, 2.75) is 19.5 Å². The van der Waals surface area contributed by atoms with E-state index in [1.165, 1.54) is 22.2 Å². The molecule has 0 aliphatic carbocycles. The van der Waals surface area contributed by atoms with Crippen LogP contribution in [0.1, 0.15) is 6.92 Å². The number of aromatic nitrogens is 2. The van der Waals surface area contributed by atoms with Gasteiger partial charge < -0.3 is 11.1 Å². The highest BCUT2D eigenvalue weighted by atomic mass is 32.1. The van der Waals surface area contributed by atoms with Gasteiger partial charge in [-0.25, -0.2) is 4.98 Å². The largest absolute Gasteiger partial charge is 0.351 e. The van der Waals surface area contributed by atoms with Crippen LogP contribution < -0.4 is 16.6 Å². The van der Waals surface area contributed by atoms with Crippen LogP contribution in [0, 0.1) is 0 Å². The van der Waals surface area contributed by atoms with Crippen LogP contribution in [0.15, 0.2) is 34.0 Å². The predicted molar refractivity (Wildman–Crippen MR) is 93.9 cm³/mol. The summed E-state index contributed by atoms with van der Waals surface area (Å²) in [5.74, 6) is -0.251. The van der Waals surface area contributed by atoms with Crippen molar-refractivity contribution in [3.8, 4) is 10.4 Å². The Labute approximate surface area is 140 Å². The van der Waals surface area contributed by atoms with Gasteiger partial charge in [-0.15, -0.1) is 22.7 Å². The third-order valence-corrected chi connectivity index (χ3v) is 5.21. The number of nitrogens with zero attached hydrogens (tertiary/aromatic N) is 2. The van der Waals surface area contributed by atoms with Crippen LogP contribution in [0.2, 0.25) is 0 Å². The number of nitrogens with one attached hydrogen (secondary N) is 1. The van der Waals surface area contributed by atoms with Gasteiger partial charge in [-0.2, -0.15) is 0 Å². The molecule has 0 aromatic carbocycles. The Hall–Kier alpha value is -2.03. The highest BCUT2D eigenvalue weighted by Crippen LogP contribution is 2.33. The molecule has 3 heterocycles. The van der Waals surface area contributed by atoms with Gasteiger partial charge in [0.15, 0.2) is 0 Å². The Kier molecular flexibility index (Phi) is 4.56. The maximum Gasteiger partial charge on any atom is 0.263 e. The molecule has 0 unspecified atom stereocenters. The molecule has 0 spiro atoms. The van der Waals surface area contributed by atoms with Gasteiger partial charge in [-0.05, 0) is 18.4 Å². The topological polar surface area (TPSA) is 90.0 Å². The highest BCUT2D eigenvalue weighted by Gasteiger charge is 2.15. The lowest BCUT2D eigenvalue weighted by Crippen LogP contribution is -2.41. The first kappa shape index (κ1) is 15.9. The number of carbonyl (C=O) groups excluding carboxylic acids is 1. The summed E-state index contributed by atoms with van der Waals surface area (Å²) in [4.78, 5) is 30.7. The van der Waals surface area contributed by atoms with E-state index >= 15 is 0 Å². The Balaban J connectivity index is 1.97. The molecule has 3 aromatic rings. The van der Waals surface area contributed by atoms with Crippen LogP contribution in [-0.2, 0) is 11.3 Å². The van der Waals surface area contributed by atoms with E-state index in [0.29, 0.717) is 16.8 Å². The summed E-state index contributed by atoms with van der Waals surface area (Å²) in [5, 5.41) is 7.22. The van der Waals surface area contributed by atoms with Crippen LogP contribution in [0.4, 0.5) is 0 Å². The van der Waals surface area contributed by atoms with E-state index in [1.807, 2.05) is 29.8 Å². The summed E-state index contributed by atoms with van der Waals surface area (Å²) in [5.41, 5.74) is 6.16. The highest BCUT2D eigenvalue weighted by molar-refractivity contribution is 7.18. The molecule has 120 valence electrons. The number of fused-ring (bicyclic) bond motifs is 1. The molecule has 3 rings (SSSR count). The smallest absolute Gasteiger partial charge is 0.263 e. The van der Waals surface area contributed by atoms with Gasteiger partial charge in [-0.3, -0.25) is 14.2 Å². The first-order chi connectivity index (χ1) is 11.1. The van der Waals surface area contributed by atoms with Gasteiger partial charge in [0, 0.05) is 28.4 Å². The molecule has 23 heavy (non-hydrogen) atoms. The minimum Gasteiger partial charge on any atom is -0.351 e. The number of hydrogen-bond donors (Lipinski definition) is 2. The Morgan fingerprint density at radius 2 is 2.30 bits per heavy atom. The molecule has 0 radical (unpaired) electrons. The molecule has 6 nitrogen and oxygen atoms in total. The zero-order valence-electron chi connectivity index (χ0n) is 12.5. The quantitative estimate of drug-likeness (QED) is 0.733. The van der Waals surface area contributed by atoms with Crippen molar-refractivity contribution in [2.75, 3.05) is 6.54 Å². The number of thiophene rings is 2. The second-order valence-corrected chi connectivity index (χ2v) is 6.99. The lowest BCUT2D eigenvalue weighted by Gasteiger charge is -2.12. The Bertz CT molecular complexity index is 883. The zero-order valence-corrected chi connectivity index (χ0v) is 14.1. The average Bonchev–Trinajstić information content (AvgIpc) is 3.18. The van der Waals surface area contributed by atoms with Crippen molar-refractivity contribution >= 4 is 38.8 Å². The summed E-state index contributed by atoms with van der Waals surface area (Å²) in [6.45, 7) is 2.10. The molecule has 0 saturated heterocycles. The Morgan fingerprint density at radius 3 is 3.00 bits per heavy atom. The minimum atomic E-state index is -0.251. The van der Waals surface area contributed by atoms with Gasteiger partial charge in [-0.1, -0.05) is 6.07 Å². The average molecular weight is 348 g/mol. The SMILES string of the molecule is C[C@@H](CN)NC(=O)Cn1cnc2scc(-c3cccs3)c2c1=O. The second kappa shape index (κ2) is 6.61. The maximum atomic E-state index is 12.7. The van der Waals surface area contributed by atoms with E-state index in [0.717, 1.165) is 10.4 Å². The summed E-state index contributed by atoms with van der Waals surface area (Å²) < 4.78 is 1.34. The fourth-order valence-electron chi connectivity index (χ4n) is 2.23.